The van der Waals surface area contributed by atoms with Crippen molar-refractivity contribution in [3.63, 3.8) is 0 Å². The SMILES string of the molecule is COc1ccc(CCC(=O)NCCc2ccc(N)cc2)cc1. The van der Waals surface area contributed by atoms with Gasteiger partial charge in [-0.2, -0.15) is 0 Å². The molecule has 2 rings (SSSR count). The van der Waals surface area contributed by atoms with Crippen molar-refractivity contribution in [2.45, 2.75) is 19.3 Å². The van der Waals surface area contributed by atoms with E-state index >= 15 is 0 Å². The zero-order valence-corrected chi connectivity index (χ0v) is 12.8. The maximum atomic E-state index is 11.8. The number of anilines is 1. The Balaban J connectivity index is 1.68. The van der Waals surface area contributed by atoms with E-state index in [1.54, 1.807) is 7.11 Å². The lowest BCUT2D eigenvalue weighted by molar-refractivity contribution is -0.121. The molecule has 0 heterocycles. The van der Waals surface area contributed by atoms with Crippen LogP contribution in [0.15, 0.2) is 48.5 Å². The van der Waals surface area contributed by atoms with Crippen LogP contribution in [0.25, 0.3) is 0 Å². The van der Waals surface area contributed by atoms with Crippen molar-refractivity contribution < 1.29 is 9.53 Å². The first-order valence-corrected chi connectivity index (χ1v) is 7.41. The second-order valence-corrected chi connectivity index (χ2v) is 5.19. The van der Waals surface area contributed by atoms with E-state index in [0.29, 0.717) is 13.0 Å². The van der Waals surface area contributed by atoms with Crippen molar-refractivity contribution in [1.82, 2.24) is 5.32 Å². The van der Waals surface area contributed by atoms with Crippen LogP contribution < -0.4 is 15.8 Å². The van der Waals surface area contributed by atoms with Gasteiger partial charge in [0, 0.05) is 18.7 Å². The third-order valence-electron chi connectivity index (χ3n) is 3.52. The molecule has 0 aromatic heterocycles. The smallest absolute Gasteiger partial charge is 0.220 e. The Hall–Kier alpha value is -2.49. The first kappa shape index (κ1) is 15.9. The van der Waals surface area contributed by atoms with Crippen molar-refractivity contribution in [1.29, 1.82) is 0 Å². The Morgan fingerprint density at radius 3 is 2.23 bits per heavy atom. The van der Waals surface area contributed by atoms with Crippen LogP contribution in [0.4, 0.5) is 5.69 Å². The summed E-state index contributed by atoms with van der Waals surface area (Å²) >= 11 is 0. The largest absolute Gasteiger partial charge is 0.497 e. The maximum Gasteiger partial charge on any atom is 0.220 e. The van der Waals surface area contributed by atoms with E-state index in [1.165, 1.54) is 5.56 Å². The van der Waals surface area contributed by atoms with Crippen LogP contribution in [0.3, 0.4) is 0 Å². The first-order valence-electron chi connectivity index (χ1n) is 7.41. The highest BCUT2D eigenvalue weighted by atomic mass is 16.5. The summed E-state index contributed by atoms with van der Waals surface area (Å²) in [5, 5.41) is 2.94. The molecule has 0 spiro atoms. The Kier molecular flexibility index (Phi) is 5.83. The molecule has 4 nitrogen and oxygen atoms in total. The summed E-state index contributed by atoms with van der Waals surface area (Å²) in [4.78, 5) is 11.8. The summed E-state index contributed by atoms with van der Waals surface area (Å²) in [7, 11) is 1.64. The molecule has 2 aromatic rings. The number of nitrogen functional groups attached to an aromatic ring is 1. The van der Waals surface area contributed by atoms with E-state index in [1.807, 2.05) is 48.5 Å². The van der Waals surface area contributed by atoms with Gasteiger partial charge >= 0.3 is 0 Å². The molecular weight excluding hydrogens is 276 g/mol. The average molecular weight is 298 g/mol. The molecule has 0 aliphatic rings. The van der Waals surface area contributed by atoms with E-state index in [0.717, 1.165) is 29.8 Å². The first-order chi connectivity index (χ1) is 10.7. The van der Waals surface area contributed by atoms with Crippen molar-refractivity contribution in [2.24, 2.45) is 0 Å². The number of carbonyl (C=O) groups is 1. The Labute approximate surface area is 131 Å². The molecule has 0 atom stereocenters. The van der Waals surface area contributed by atoms with Crippen molar-refractivity contribution >= 4 is 11.6 Å². The van der Waals surface area contributed by atoms with Crippen molar-refractivity contribution in [3.05, 3.63) is 59.7 Å². The number of nitrogens with one attached hydrogen (secondary N) is 1. The van der Waals surface area contributed by atoms with Crippen LogP contribution in [0.5, 0.6) is 5.75 Å². The minimum atomic E-state index is 0.0752. The lowest BCUT2D eigenvalue weighted by Gasteiger charge is -2.06. The zero-order valence-electron chi connectivity index (χ0n) is 12.8. The van der Waals surface area contributed by atoms with Crippen molar-refractivity contribution in [2.75, 3.05) is 19.4 Å². The second kappa shape index (κ2) is 8.08. The highest BCUT2D eigenvalue weighted by Gasteiger charge is 2.02. The Bertz CT molecular complexity index is 591. The summed E-state index contributed by atoms with van der Waals surface area (Å²) in [6.45, 7) is 0.644. The number of benzene rings is 2. The molecule has 1 amide bonds. The summed E-state index contributed by atoms with van der Waals surface area (Å²) in [5.41, 5.74) is 8.70. The van der Waals surface area contributed by atoms with E-state index in [4.69, 9.17) is 10.5 Å². The zero-order chi connectivity index (χ0) is 15.8. The fraction of sp³-hybridized carbons (Fsp3) is 0.278. The molecule has 0 fully saturated rings. The quantitative estimate of drug-likeness (QED) is 0.772. The van der Waals surface area contributed by atoms with Crippen LogP contribution in [-0.2, 0) is 17.6 Å². The maximum absolute atomic E-state index is 11.8. The molecule has 2 aromatic carbocycles. The predicted molar refractivity (Wildman–Crippen MR) is 88.9 cm³/mol. The molecule has 116 valence electrons. The molecule has 3 N–H and O–H groups in total. The third-order valence-corrected chi connectivity index (χ3v) is 3.52. The minimum Gasteiger partial charge on any atom is -0.497 e. The van der Waals surface area contributed by atoms with Gasteiger partial charge in [-0.15, -0.1) is 0 Å². The van der Waals surface area contributed by atoms with Crippen LogP contribution in [0.2, 0.25) is 0 Å². The number of hydrogen-bond acceptors (Lipinski definition) is 3. The highest BCUT2D eigenvalue weighted by Crippen LogP contribution is 2.12. The summed E-state index contributed by atoms with van der Waals surface area (Å²) in [6.07, 6.45) is 2.04. The molecule has 0 saturated heterocycles. The predicted octanol–water partition coefficient (Wildman–Crippen LogP) is 2.57. The molecule has 0 aliphatic carbocycles. The van der Waals surface area contributed by atoms with E-state index < -0.39 is 0 Å². The molecule has 0 aliphatic heterocycles. The molecule has 0 saturated carbocycles. The van der Waals surface area contributed by atoms with Gasteiger partial charge in [0.25, 0.3) is 0 Å². The number of rotatable bonds is 7. The molecule has 0 bridgehead atoms. The van der Waals surface area contributed by atoms with Gasteiger partial charge in [0.1, 0.15) is 5.75 Å². The topological polar surface area (TPSA) is 64.3 Å². The normalized spacial score (nSPS) is 10.2. The second-order valence-electron chi connectivity index (χ2n) is 5.19. The number of ether oxygens (including phenoxy) is 1. The summed E-state index contributed by atoms with van der Waals surface area (Å²) in [6, 6.07) is 15.5. The standard InChI is InChI=1S/C18H22N2O2/c1-22-17-9-4-14(5-10-17)6-11-18(21)20-13-12-15-2-7-16(19)8-3-15/h2-5,7-10H,6,11-13,19H2,1H3,(H,20,21). The van der Waals surface area contributed by atoms with Crippen molar-refractivity contribution in [3.8, 4) is 5.75 Å². The fourth-order valence-electron chi connectivity index (χ4n) is 2.17. The van der Waals surface area contributed by atoms with Crippen LogP contribution >= 0.6 is 0 Å². The van der Waals surface area contributed by atoms with Crippen LogP contribution in [-0.4, -0.2) is 19.6 Å². The van der Waals surface area contributed by atoms with E-state index in [9.17, 15) is 4.79 Å². The number of nitrogens with two attached hydrogens (primary N) is 1. The number of carbonyl (C=O) groups excluding carboxylic acids is 1. The lowest BCUT2D eigenvalue weighted by atomic mass is 10.1. The molecule has 0 radical (unpaired) electrons. The van der Waals surface area contributed by atoms with Crippen LogP contribution in [0.1, 0.15) is 17.5 Å². The van der Waals surface area contributed by atoms with Gasteiger partial charge in [-0.1, -0.05) is 24.3 Å². The van der Waals surface area contributed by atoms with Gasteiger partial charge in [0.2, 0.25) is 5.91 Å². The number of methoxy groups -OCH3 is 1. The molecule has 22 heavy (non-hydrogen) atoms. The Morgan fingerprint density at radius 2 is 1.59 bits per heavy atom. The van der Waals surface area contributed by atoms with Gasteiger partial charge in [0.05, 0.1) is 7.11 Å². The monoisotopic (exact) mass is 298 g/mol. The number of amides is 1. The minimum absolute atomic E-state index is 0.0752. The summed E-state index contributed by atoms with van der Waals surface area (Å²) < 4.78 is 5.11. The van der Waals surface area contributed by atoms with E-state index in [2.05, 4.69) is 5.32 Å². The van der Waals surface area contributed by atoms with Gasteiger partial charge in [-0.3, -0.25) is 4.79 Å². The van der Waals surface area contributed by atoms with Gasteiger partial charge in [0.15, 0.2) is 0 Å². The van der Waals surface area contributed by atoms with Gasteiger partial charge < -0.3 is 15.8 Å². The van der Waals surface area contributed by atoms with Gasteiger partial charge in [-0.25, -0.2) is 0 Å². The van der Waals surface area contributed by atoms with Crippen LogP contribution in [0, 0.1) is 0 Å². The Morgan fingerprint density at radius 1 is 1.00 bits per heavy atom. The highest BCUT2D eigenvalue weighted by molar-refractivity contribution is 5.76. The number of hydrogen-bond donors (Lipinski definition) is 2. The lowest BCUT2D eigenvalue weighted by Crippen LogP contribution is -2.25. The third kappa shape index (κ3) is 5.13. The average Bonchev–Trinajstić information content (AvgIpc) is 2.55. The summed E-state index contributed by atoms with van der Waals surface area (Å²) in [5.74, 6) is 0.906. The molecular formula is C18H22N2O2. The van der Waals surface area contributed by atoms with E-state index in [-0.39, 0.29) is 5.91 Å². The molecule has 0 unspecified atom stereocenters. The molecule has 4 heteroatoms. The van der Waals surface area contributed by atoms with Gasteiger partial charge in [-0.05, 0) is 48.2 Å². The number of aryl methyl sites for hydroxylation is 1. The fourth-order valence-corrected chi connectivity index (χ4v) is 2.17.